The molecule has 1 amide bonds. The lowest BCUT2D eigenvalue weighted by molar-refractivity contribution is 0.0984. The van der Waals surface area contributed by atoms with Crippen LogP contribution in [-0.4, -0.2) is 56.1 Å². The van der Waals surface area contributed by atoms with Gasteiger partial charge in [0.15, 0.2) is 5.13 Å². The summed E-state index contributed by atoms with van der Waals surface area (Å²) in [5.74, 6) is -0.394. The summed E-state index contributed by atoms with van der Waals surface area (Å²) in [4.78, 5) is 23.9. The first-order valence-electron chi connectivity index (χ1n) is 9.80. The van der Waals surface area contributed by atoms with Gasteiger partial charge in [0.2, 0.25) is 0 Å². The summed E-state index contributed by atoms with van der Waals surface area (Å²) in [6.07, 6.45) is 0. The van der Waals surface area contributed by atoms with E-state index in [2.05, 4.69) is 23.7 Å². The Hall–Kier alpha value is -2.22. The molecule has 1 heterocycles. The average molecular weight is 451 g/mol. The van der Waals surface area contributed by atoms with Crippen molar-refractivity contribution in [3.63, 3.8) is 0 Å². The summed E-state index contributed by atoms with van der Waals surface area (Å²) >= 11 is 1.34. The molecule has 0 saturated carbocycles. The van der Waals surface area contributed by atoms with Crippen LogP contribution in [0, 0.1) is 5.82 Å². The van der Waals surface area contributed by atoms with E-state index in [0.717, 1.165) is 30.0 Å². The van der Waals surface area contributed by atoms with Crippen LogP contribution in [0.15, 0.2) is 42.5 Å². The first-order valence-corrected chi connectivity index (χ1v) is 10.6. The number of carbonyl (C=O) groups excluding carboxylic acids is 1. The van der Waals surface area contributed by atoms with Crippen LogP contribution in [0.4, 0.5) is 15.2 Å². The van der Waals surface area contributed by atoms with Crippen LogP contribution in [0.1, 0.15) is 24.2 Å². The van der Waals surface area contributed by atoms with Gasteiger partial charge in [-0.2, -0.15) is 0 Å². The molecular weight excluding hydrogens is 423 g/mol. The monoisotopic (exact) mass is 450 g/mol. The molecule has 0 aliphatic carbocycles. The molecule has 0 spiro atoms. The van der Waals surface area contributed by atoms with Crippen molar-refractivity contribution in [3.8, 4) is 0 Å². The lowest BCUT2D eigenvalue weighted by Gasteiger charge is -2.25. The number of rotatable bonds is 8. The lowest BCUT2D eigenvalue weighted by Crippen LogP contribution is -2.38. The number of amides is 1. The van der Waals surface area contributed by atoms with E-state index < -0.39 is 0 Å². The minimum Gasteiger partial charge on any atom is -0.378 e. The van der Waals surface area contributed by atoms with Crippen molar-refractivity contribution in [2.75, 3.05) is 50.1 Å². The van der Waals surface area contributed by atoms with E-state index in [1.165, 1.54) is 23.5 Å². The minimum atomic E-state index is -0.298. The van der Waals surface area contributed by atoms with Gasteiger partial charge < -0.3 is 9.80 Å². The number of hydrogen-bond donors (Lipinski definition) is 0. The van der Waals surface area contributed by atoms with Crippen LogP contribution in [0.3, 0.4) is 0 Å². The van der Waals surface area contributed by atoms with Gasteiger partial charge in [-0.15, -0.1) is 12.4 Å². The molecule has 0 aliphatic heterocycles. The SMILES string of the molecule is CCN(CC)CCN(C(=O)c1ccc(N(C)C)cc1)c1nc2ccc(F)cc2s1.Cl. The third-order valence-corrected chi connectivity index (χ3v) is 6.02. The van der Waals surface area contributed by atoms with Crippen LogP contribution in [0.2, 0.25) is 0 Å². The van der Waals surface area contributed by atoms with Gasteiger partial charge >= 0.3 is 0 Å². The Morgan fingerprint density at radius 2 is 1.70 bits per heavy atom. The quantitative estimate of drug-likeness (QED) is 0.488. The Bertz CT molecular complexity index is 973. The maximum absolute atomic E-state index is 13.6. The largest absolute Gasteiger partial charge is 0.378 e. The fourth-order valence-corrected chi connectivity index (χ4v) is 4.14. The van der Waals surface area contributed by atoms with Crippen LogP contribution in [0.5, 0.6) is 0 Å². The van der Waals surface area contributed by atoms with Crippen LogP contribution in [-0.2, 0) is 0 Å². The number of carbonyl (C=O) groups is 1. The summed E-state index contributed by atoms with van der Waals surface area (Å²) in [7, 11) is 3.93. The highest BCUT2D eigenvalue weighted by molar-refractivity contribution is 7.22. The summed E-state index contributed by atoms with van der Waals surface area (Å²) in [6.45, 7) is 7.32. The Labute approximate surface area is 187 Å². The summed E-state index contributed by atoms with van der Waals surface area (Å²) < 4.78 is 14.3. The van der Waals surface area contributed by atoms with Gasteiger partial charge in [-0.25, -0.2) is 9.37 Å². The molecule has 0 radical (unpaired) electrons. The highest BCUT2D eigenvalue weighted by Crippen LogP contribution is 2.30. The van der Waals surface area contributed by atoms with Gasteiger partial charge in [0.25, 0.3) is 5.91 Å². The normalized spacial score (nSPS) is 10.9. The van der Waals surface area contributed by atoms with Crippen LogP contribution >= 0.6 is 23.7 Å². The molecule has 0 atom stereocenters. The number of thiazole rings is 1. The zero-order chi connectivity index (χ0) is 21.0. The van der Waals surface area contributed by atoms with Gasteiger partial charge in [0.05, 0.1) is 10.2 Å². The topological polar surface area (TPSA) is 39.7 Å². The van der Waals surface area contributed by atoms with E-state index >= 15 is 0 Å². The maximum Gasteiger partial charge on any atom is 0.260 e. The first-order chi connectivity index (χ1) is 13.9. The number of likely N-dealkylation sites (N-methyl/N-ethyl adjacent to an activating group) is 1. The molecule has 3 rings (SSSR count). The molecule has 3 aromatic rings. The molecule has 0 unspecified atom stereocenters. The Balaban J connectivity index is 0.00000320. The third kappa shape index (κ3) is 5.47. The van der Waals surface area contributed by atoms with Crippen molar-refractivity contribution < 1.29 is 9.18 Å². The van der Waals surface area contributed by atoms with Crippen molar-refractivity contribution in [2.24, 2.45) is 0 Å². The van der Waals surface area contributed by atoms with Gasteiger partial charge in [0.1, 0.15) is 5.82 Å². The molecular formula is C22H28ClFN4OS. The highest BCUT2D eigenvalue weighted by Gasteiger charge is 2.22. The molecule has 1 aromatic heterocycles. The first kappa shape index (κ1) is 24.1. The van der Waals surface area contributed by atoms with E-state index in [9.17, 15) is 9.18 Å². The second-order valence-corrected chi connectivity index (χ2v) is 8.04. The summed E-state index contributed by atoms with van der Waals surface area (Å²) in [5, 5.41) is 0.597. The zero-order valence-electron chi connectivity index (χ0n) is 17.8. The van der Waals surface area contributed by atoms with E-state index in [4.69, 9.17) is 0 Å². The van der Waals surface area contributed by atoms with E-state index in [-0.39, 0.29) is 24.1 Å². The number of nitrogens with zero attached hydrogens (tertiary/aromatic N) is 4. The molecule has 2 aromatic carbocycles. The molecule has 5 nitrogen and oxygen atoms in total. The van der Waals surface area contributed by atoms with Crippen LogP contribution in [0.25, 0.3) is 10.2 Å². The number of anilines is 2. The Kier molecular flexibility index (Phi) is 8.58. The van der Waals surface area contributed by atoms with Crippen LogP contribution < -0.4 is 9.80 Å². The van der Waals surface area contributed by atoms with Crippen molar-refractivity contribution >= 4 is 50.7 Å². The molecule has 162 valence electrons. The molecule has 0 saturated heterocycles. The molecule has 0 bridgehead atoms. The van der Waals surface area contributed by atoms with Crippen molar-refractivity contribution in [3.05, 3.63) is 53.8 Å². The standard InChI is InChI=1S/C22H27FN4OS.ClH/c1-5-26(6-2)13-14-27(21(28)16-7-10-18(11-8-16)25(3)4)22-24-19-12-9-17(23)15-20(19)29-22;/h7-12,15H,5-6,13-14H2,1-4H3;1H. The average Bonchev–Trinajstić information content (AvgIpc) is 3.13. The highest BCUT2D eigenvalue weighted by atomic mass is 35.5. The number of halogens is 2. The zero-order valence-corrected chi connectivity index (χ0v) is 19.4. The lowest BCUT2D eigenvalue weighted by atomic mass is 10.1. The van der Waals surface area contributed by atoms with Gasteiger partial charge in [0, 0.05) is 38.4 Å². The summed E-state index contributed by atoms with van der Waals surface area (Å²) in [6, 6.07) is 12.1. The van der Waals surface area contributed by atoms with Gasteiger partial charge in [-0.1, -0.05) is 25.2 Å². The molecule has 0 N–H and O–H groups in total. The Morgan fingerprint density at radius 3 is 2.30 bits per heavy atom. The fourth-order valence-electron chi connectivity index (χ4n) is 3.13. The third-order valence-electron chi connectivity index (χ3n) is 4.98. The predicted octanol–water partition coefficient (Wildman–Crippen LogP) is 4.91. The second kappa shape index (κ2) is 10.7. The van der Waals surface area contributed by atoms with Gasteiger partial charge in [-0.3, -0.25) is 9.69 Å². The molecule has 8 heteroatoms. The van der Waals surface area contributed by atoms with Gasteiger partial charge in [-0.05, 0) is 55.6 Å². The molecule has 0 fully saturated rings. The smallest absolute Gasteiger partial charge is 0.260 e. The molecule has 0 aliphatic rings. The van der Waals surface area contributed by atoms with Crippen molar-refractivity contribution in [2.45, 2.75) is 13.8 Å². The Morgan fingerprint density at radius 1 is 1.03 bits per heavy atom. The molecule has 30 heavy (non-hydrogen) atoms. The number of benzene rings is 2. The number of hydrogen-bond acceptors (Lipinski definition) is 5. The second-order valence-electron chi connectivity index (χ2n) is 7.03. The van der Waals surface area contributed by atoms with E-state index in [0.29, 0.717) is 22.8 Å². The fraction of sp³-hybridized carbons (Fsp3) is 0.364. The maximum atomic E-state index is 13.6. The number of aromatic nitrogens is 1. The van der Waals surface area contributed by atoms with Crippen molar-refractivity contribution in [1.29, 1.82) is 0 Å². The van der Waals surface area contributed by atoms with E-state index in [1.54, 1.807) is 11.0 Å². The number of fused-ring (bicyclic) bond motifs is 1. The van der Waals surface area contributed by atoms with E-state index in [1.807, 2.05) is 43.3 Å². The van der Waals surface area contributed by atoms with Crippen molar-refractivity contribution in [1.82, 2.24) is 9.88 Å². The minimum absolute atomic E-state index is 0. The summed E-state index contributed by atoms with van der Waals surface area (Å²) in [5.41, 5.74) is 2.35. The predicted molar refractivity (Wildman–Crippen MR) is 127 cm³/mol.